The molecule has 3 saturated carbocycles. The largest absolute Gasteiger partial charge is 0.367 e. The van der Waals surface area contributed by atoms with Gasteiger partial charge in [-0.05, 0) is 67.9 Å². The minimum atomic E-state index is -0.277. The fourth-order valence-electron chi connectivity index (χ4n) is 5.76. The standard InChI is InChI=1S/C28H26FN5.C2H6/c1-16-10-21-22(15-31-27(21)23(29)11-16)28-33-25(20-8-4-18(14-30)5-9-20)13-26(34-28)32-24-12-17-2-6-19(24)7-3-17;1-2/h4-5,8-11,13,15,17,19,24,31H,2-3,6-7,12H2,1H3,(H,32,33,34);1-2H3. The zero-order chi connectivity index (χ0) is 25.2. The Labute approximate surface area is 211 Å². The summed E-state index contributed by atoms with van der Waals surface area (Å²) in [6.07, 6.45) is 8.22. The zero-order valence-electron chi connectivity index (χ0n) is 21.1. The average Bonchev–Trinajstić information content (AvgIpc) is 3.35. The molecule has 184 valence electrons. The molecule has 2 bridgehead atoms. The molecule has 36 heavy (non-hydrogen) atoms. The van der Waals surface area contributed by atoms with Crippen LogP contribution in [0.1, 0.15) is 57.1 Å². The molecule has 1 atom stereocenters. The van der Waals surface area contributed by atoms with Crippen LogP contribution in [0.2, 0.25) is 0 Å². The first-order chi connectivity index (χ1) is 17.6. The van der Waals surface area contributed by atoms with Gasteiger partial charge in [0.2, 0.25) is 0 Å². The SMILES string of the molecule is CC.Cc1cc(F)c2[nH]cc(-c3nc(NC4CC5CCC4CC5)cc(-c4ccc(C#N)cc4)n3)c2c1. The first-order valence-corrected chi connectivity index (χ1v) is 13.0. The number of nitrogens with one attached hydrogen (secondary N) is 2. The molecule has 2 aromatic carbocycles. The molecule has 1 unspecified atom stereocenters. The van der Waals surface area contributed by atoms with E-state index in [9.17, 15) is 9.65 Å². The van der Waals surface area contributed by atoms with Crippen LogP contribution < -0.4 is 5.32 Å². The summed E-state index contributed by atoms with van der Waals surface area (Å²) in [7, 11) is 0. The number of H-pyrrole nitrogens is 1. The second kappa shape index (κ2) is 10.1. The minimum Gasteiger partial charge on any atom is -0.367 e. The van der Waals surface area contributed by atoms with Crippen molar-refractivity contribution in [2.45, 2.75) is 58.9 Å². The molecule has 3 aliphatic rings. The van der Waals surface area contributed by atoms with Gasteiger partial charge >= 0.3 is 0 Å². The monoisotopic (exact) mass is 481 g/mol. The van der Waals surface area contributed by atoms with Crippen LogP contribution in [-0.2, 0) is 0 Å². The number of hydrogen-bond acceptors (Lipinski definition) is 4. The van der Waals surface area contributed by atoms with Gasteiger partial charge in [-0.15, -0.1) is 0 Å². The van der Waals surface area contributed by atoms with E-state index in [1.165, 1.54) is 38.2 Å². The van der Waals surface area contributed by atoms with Gasteiger partial charge in [0.1, 0.15) is 11.6 Å². The first kappa shape index (κ1) is 24.0. The maximum absolute atomic E-state index is 14.6. The van der Waals surface area contributed by atoms with E-state index >= 15 is 0 Å². The number of halogens is 1. The molecule has 0 saturated heterocycles. The molecule has 4 aromatic rings. The average molecular weight is 482 g/mol. The maximum Gasteiger partial charge on any atom is 0.164 e. The van der Waals surface area contributed by atoms with E-state index in [0.29, 0.717) is 28.9 Å². The Bertz CT molecular complexity index is 1410. The number of hydrogen-bond donors (Lipinski definition) is 2. The molecule has 2 N–H and O–H groups in total. The lowest BCUT2D eigenvalue weighted by atomic mass is 9.68. The maximum atomic E-state index is 14.6. The number of nitriles is 1. The summed E-state index contributed by atoms with van der Waals surface area (Å²) in [6.45, 7) is 5.89. The molecule has 2 aromatic heterocycles. The van der Waals surface area contributed by atoms with Gasteiger partial charge in [-0.2, -0.15) is 5.26 Å². The molecular weight excluding hydrogens is 449 g/mol. The number of benzene rings is 2. The third-order valence-electron chi connectivity index (χ3n) is 7.54. The van der Waals surface area contributed by atoms with E-state index in [-0.39, 0.29) is 5.82 Å². The smallest absolute Gasteiger partial charge is 0.164 e. The van der Waals surface area contributed by atoms with Gasteiger partial charge < -0.3 is 10.3 Å². The number of aryl methyl sites for hydroxylation is 1. The quantitative estimate of drug-likeness (QED) is 0.314. The van der Waals surface area contributed by atoms with Crippen molar-refractivity contribution in [1.29, 1.82) is 5.26 Å². The van der Waals surface area contributed by atoms with E-state index in [4.69, 9.17) is 9.97 Å². The van der Waals surface area contributed by atoms with E-state index in [2.05, 4.69) is 16.4 Å². The van der Waals surface area contributed by atoms with Crippen molar-refractivity contribution in [1.82, 2.24) is 15.0 Å². The summed E-state index contributed by atoms with van der Waals surface area (Å²) in [4.78, 5) is 12.8. The van der Waals surface area contributed by atoms with Crippen molar-refractivity contribution in [3.8, 4) is 28.7 Å². The Morgan fingerprint density at radius 2 is 1.78 bits per heavy atom. The molecule has 5 nitrogen and oxygen atoms in total. The van der Waals surface area contributed by atoms with Crippen molar-refractivity contribution < 1.29 is 4.39 Å². The van der Waals surface area contributed by atoms with Crippen molar-refractivity contribution in [2.24, 2.45) is 11.8 Å². The number of nitrogens with zero attached hydrogens (tertiary/aromatic N) is 3. The number of rotatable bonds is 4. The van der Waals surface area contributed by atoms with Crippen LogP contribution >= 0.6 is 0 Å². The predicted octanol–water partition coefficient (Wildman–Crippen LogP) is 7.63. The van der Waals surface area contributed by atoms with Crippen molar-refractivity contribution in [3.63, 3.8) is 0 Å². The third kappa shape index (κ3) is 4.58. The summed E-state index contributed by atoms with van der Waals surface area (Å²) in [5, 5.41) is 13.7. The van der Waals surface area contributed by atoms with Gasteiger partial charge in [-0.25, -0.2) is 14.4 Å². The fourth-order valence-corrected chi connectivity index (χ4v) is 5.76. The highest BCUT2D eigenvalue weighted by Gasteiger charge is 2.35. The Hall–Kier alpha value is -3.72. The molecule has 2 heterocycles. The summed E-state index contributed by atoms with van der Waals surface area (Å²) in [5.41, 5.74) is 4.40. The lowest BCUT2D eigenvalue weighted by Crippen LogP contribution is -2.40. The lowest BCUT2D eigenvalue weighted by Gasteiger charge is -2.42. The molecule has 0 amide bonds. The predicted molar refractivity (Wildman–Crippen MR) is 143 cm³/mol. The molecule has 6 heteroatoms. The summed E-state index contributed by atoms with van der Waals surface area (Å²) < 4.78 is 14.6. The Morgan fingerprint density at radius 3 is 2.44 bits per heavy atom. The second-order valence-corrected chi connectivity index (χ2v) is 9.79. The van der Waals surface area contributed by atoms with Crippen LogP contribution in [0, 0.1) is 35.9 Å². The van der Waals surface area contributed by atoms with Crippen LogP contribution in [-0.4, -0.2) is 21.0 Å². The lowest BCUT2D eigenvalue weighted by molar-refractivity contribution is 0.157. The summed E-state index contributed by atoms with van der Waals surface area (Å²) in [5.74, 6) is 2.57. The summed E-state index contributed by atoms with van der Waals surface area (Å²) in [6, 6.07) is 15.5. The van der Waals surface area contributed by atoms with E-state index in [1.807, 2.05) is 45.0 Å². The molecule has 0 spiro atoms. The molecule has 7 rings (SSSR count). The van der Waals surface area contributed by atoms with Gasteiger partial charge in [0.05, 0.1) is 22.8 Å². The Morgan fingerprint density at radius 1 is 1.03 bits per heavy atom. The van der Waals surface area contributed by atoms with Crippen LogP contribution in [0.25, 0.3) is 33.5 Å². The van der Waals surface area contributed by atoms with E-state index in [1.54, 1.807) is 18.3 Å². The number of aromatic nitrogens is 3. The second-order valence-electron chi connectivity index (χ2n) is 9.79. The number of anilines is 1. The zero-order valence-corrected chi connectivity index (χ0v) is 21.1. The molecule has 0 radical (unpaired) electrons. The number of aromatic amines is 1. The van der Waals surface area contributed by atoms with Crippen LogP contribution in [0.5, 0.6) is 0 Å². The molecule has 3 aliphatic carbocycles. The van der Waals surface area contributed by atoms with Crippen LogP contribution in [0.4, 0.5) is 10.2 Å². The van der Waals surface area contributed by atoms with Gasteiger partial charge in [-0.3, -0.25) is 0 Å². The molecule has 0 aliphatic heterocycles. The highest BCUT2D eigenvalue weighted by Crippen LogP contribution is 2.42. The minimum absolute atomic E-state index is 0.277. The van der Waals surface area contributed by atoms with Gasteiger partial charge in [0.15, 0.2) is 5.82 Å². The van der Waals surface area contributed by atoms with Crippen molar-refractivity contribution in [3.05, 3.63) is 65.6 Å². The Kier molecular flexibility index (Phi) is 6.73. The highest BCUT2D eigenvalue weighted by molar-refractivity contribution is 5.95. The number of fused-ring (bicyclic) bond motifs is 4. The van der Waals surface area contributed by atoms with Crippen molar-refractivity contribution >= 4 is 16.7 Å². The van der Waals surface area contributed by atoms with Crippen molar-refractivity contribution in [2.75, 3.05) is 5.32 Å². The van der Waals surface area contributed by atoms with Gasteiger partial charge in [0, 0.05) is 34.8 Å². The summed E-state index contributed by atoms with van der Waals surface area (Å²) >= 11 is 0. The van der Waals surface area contributed by atoms with E-state index in [0.717, 1.165) is 39.5 Å². The fraction of sp³-hybridized carbons (Fsp3) is 0.367. The first-order valence-electron chi connectivity index (χ1n) is 13.0. The molecule has 3 fully saturated rings. The van der Waals surface area contributed by atoms with Gasteiger partial charge in [0.25, 0.3) is 0 Å². The van der Waals surface area contributed by atoms with Crippen LogP contribution in [0.3, 0.4) is 0 Å². The van der Waals surface area contributed by atoms with E-state index < -0.39 is 0 Å². The Balaban J connectivity index is 0.00000130. The van der Waals surface area contributed by atoms with Crippen LogP contribution in [0.15, 0.2) is 48.7 Å². The third-order valence-corrected chi connectivity index (χ3v) is 7.54. The normalized spacial score (nSPS) is 20.5. The molecular formula is C30H32FN5. The van der Waals surface area contributed by atoms with Gasteiger partial charge in [-0.1, -0.05) is 38.8 Å². The highest BCUT2D eigenvalue weighted by atomic mass is 19.1. The topological polar surface area (TPSA) is 77.4 Å².